The van der Waals surface area contributed by atoms with Gasteiger partial charge in [0.25, 0.3) is 5.91 Å². The Morgan fingerprint density at radius 3 is 2.33 bits per heavy atom. The van der Waals surface area contributed by atoms with Gasteiger partial charge in [0.15, 0.2) is 5.69 Å². The van der Waals surface area contributed by atoms with Crippen LogP contribution in [0.1, 0.15) is 34.5 Å². The van der Waals surface area contributed by atoms with E-state index in [1.807, 2.05) is 4.90 Å². The number of benzene rings is 2. The van der Waals surface area contributed by atoms with Crippen LogP contribution in [0.3, 0.4) is 0 Å². The minimum Gasteiger partial charge on any atom is -0.492 e. The molecule has 0 spiro atoms. The number of rotatable bonds is 9. The first-order chi connectivity index (χ1) is 17.7. The van der Waals surface area contributed by atoms with Crippen molar-refractivity contribution in [2.45, 2.75) is 25.8 Å². The van der Waals surface area contributed by atoms with E-state index in [9.17, 15) is 4.79 Å². The molecule has 1 amide bonds. The molecule has 3 heterocycles. The van der Waals surface area contributed by atoms with Gasteiger partial charge in [0.05, 0.1) is 17.9 Å². The summed E-state index contributed by atoms with van der Waals surface area (Å²) in [5, 5.41) is 0. The maximum Gasteiger partial charge on any atom is 0.275 e. The Hall–Kier alpha value is -2.81. The number of hydrogen-bond acceptors (Lipinski definition) is 7. The maximum atomic E-state index is 12.4. The van der Waals surface area contributed by atoms with E-state index in [4.69, 9.17) is 4.74 Å². The van der Waals surface area contributed by atoms with Gasteiger partial charge in [-0.2, -0.15) is 8.75 Å². The molecule has 0 saturated carbocycles. The molecule has 36 heavy (non-hydrogen) atoms. The number of aromatic nitrogens is 2. The van der Waals surface area contributed by atoms with E-state index in [2.05, 4.69) is 73.1 Å². The van der Waals surface area contributed by atoms with Gasteiger partial charge in [-0.3, -0.25) is 14.6 Å². The fourth-order valence-electron chi connectivity index (χ4n) is 5.13. The van der Waals surface area contributed by atoms with Gasteiger partial charge < -0.3 is 9.64 Å². The number of nitrogens with zero attached hydrogens (tertiary/aromatic N) is 5. The molecule has 7 nitrogen and oxygen atoms in total. The van der Waals surface area contributed by atoms with Gasteiger partial charge in [-0.1, -0.05) is 42.5 Å². The van der Waals surface area contributed by atoms with Gasteiger partial charge in [0.2, 0.25) is 0 Å². The Morgan fingerprint density at radius 1 is 0.889 bits per heavy atom. The molecule has 0 bridgehead atoms. The first kappa shape index (κ1) is 24.9. The molecule has 2 aromatic carbocycles. The number of amides is 1. The van der Waals surface area contributed by atoms with Gasteiger partial charge in [0, 0.05) is 39.3 Å². The summed E-state index contributed by atoms with van der Waals surface area (Å²) in [4.78, 5) is 19.2. The van der Waals surface area contributed by atoms with Crippen molar-refractivity contribution in [1.29, 1.82) is 0 Å². The van der Waals surface area contributed by atoms with E-state index in [1.54, 1.807) is 6.20 Å². The largest absolute Gasteiger partial charge is 0.492 e. The average Bonchev–Trinajstić information content (AvgIpc) is 3.47. The van der Waals surface area contributed by atoms with Crippen molar-refractivity contribution >= 4 is 17.6 Å². The highest BCUT2D eigenvalue weighted by Crippen LogP contribution is 2.23. The third-order valence-corrected chi connectivity index (χ3v) is 7.80. The van der Waals surface area contributed by atoms with E-state index in [0.717, 1.165) is 49.6 Å². The van der Waals surface area contributed by atoms with E-state index < -0.39 is 0 Å². The summed E-state index contributed by atoms with van der Waals surface area (Å²) in [7, 11) is 0. The molecular weight excluding hydrogens is 470 g/mol. The number of piperazine rings is 1. The third kappa shape index (κ3) is 6.90. The van der Waals surface area contributed by atoms with Crippen LogP contribution >= 0.6 is 11.7 Å². The maximum absolute atomic E-state index is 12.4. The van der Waals surface area contributed by atoms with Crippen LogP contribution < -0.4 is 4.74 Å². The summed E-state index contributed by atoms with van der Waals surface area (Å²) < 4.78 is 14.0. The second kappa shape index (κ2) is 12.4. The Labute approximate surface area is 218 Å². The summed E-state index contributed by atoms with van der Waals surface area (Å²) >= 11 is 1.07. The molecule has 0 radical (unpaired) electrons. The number of carbonyl (C=O) groups excluding carboxylic acids is 1. The minimum absolute atomic E-state index is 0.0173. The Kier molecular flexibility index (Phi) is 8.59. The van der Waals surface area contributed by atoms with Crippen LogP contribution in [0.2, 0.25) is 0 Å². The monoisotopic (exact) mass is 505 g/mol. The minimum atomic E-state index is -0.0173. The van der Waals surface area contributed by atoms with Gasteiger partial charge in [0.1, 0.15) is 12.4 Å². The molecule has 2 aliphatic heterocycles. The van der Waals surface area contributed by atoms with Crippen LogP contribution in [0.25, 0.3) is 0 Å². The Bertz CT molecular complexity index is 1060. The van der Waals surface area contributed by atoms with Gasteiger partial charge in [-0.15, -0.1) is 0 Å². The quantitative estimate of drug-likeness (QED) is 0.441. The van der Waals surface area contributed by atoms with E-state index >= 15 is 0 Å². The van der Waals surface area contributed by atoms with Crippen LogP contribution in [-0.2, 0) is 13.0 Å². The van der Waals surface area contributed by atoms with E-state index in [0.29, 0.717) is 25.4 Å². The highest BCUT2D eigenvalue weighted by molar-refractivity contribution is 6.99. The summed E-state index contributed by atoms with van der Waals surface area (Å²) in [5.74, 6) is 1.71. The molecular formula is C28H35N5O2S. The zero-order chi connectivity index (χ0) is 24.6. The second-order valence-corrected chi connectivity index (χ2v) is 10.4. The molecule has 8 heteroatoms. The Balaban J connectivity index is 0.976. The van der Waals surface area contributed by atoms with Crippen molar-refractivity contribution in [2.75, 3.05) is 52.4 Å². The molecule has 0 N–H and O–H groups in total. The highest BCUT2D eigenvalue weighted by atomic mass is 32.1. The third-order valence-electron chi connectivity index (χ3n) is 7.32. The standard InChI is InChI=1S/C28H35N5O2S/c34-28(27-21-29-36-30-27)33-16-14-31(15-17-33)18-19-35-26-8-6-25(7-9-26)22-32-12-10-24(11-13-32)20-23-4-2-1-3-5-23/h1-9,21,24H,10-20,22H2. The molecule has 2 fully saturated rings. The lowest BCUT2D eigenvalue weighted by molar-refractivity contribution is 0.0615. The lowest BCUT2D eigenvalue weighted by Gasteiger charge is -2.34. The summed E-state index contributed by atoms with van der Waals surface area (Å²) in [6.07, 6.45) is 5.31. The zero-order valence-electron chi connectivity index (χ0n) is 20.8. The highest BCUT2D eigenvalue weighted by Gasteiger charge is 2.23. The molecule has 0 unspecified atom stereocenters. The summed E-state index contributed by atoms with van der Waals surface area (Å²) in [6, 6.07) is 19.5. The van der Waals surface area contributed by atoms with Crippen molar-refractivity contribution in [1.82, 2.24) is 23.4 Å². The number of ether oxygens (including phenoxy) is 1. The van der Waals surface area contributed by atoms with Gasteiger partial charge in [-0.25, -0.2) is 0 Å². The zero-order valence-corrected chi connectivity index (χ0v) is 21.6. The van der Waals surface area contributed by atoms with Crippen molar-refractivity contribution in [2.24, 2.45) is 5.92 Å². The van der Waals surface area contributed by atoms with E-state index in [-0.39, 0.29) is 5.91 Å². The van der Waals surface area contributed by atoms with Crippen LogP contribution in [0, 0.1) is 5.92 Å². The molecule has 190 valence electrons. The lowest BCUT2D eigenvalue weighted by atomic mass is 9.90. The van der Waals surface area contributed by atoms with Crippen molar-refractivity contribution < 1.29 is 9.53 Å². The topological polar surface area (TPSA) is 61.8 Å². The molecule has 2 aliphatic rings. The first-order valence-corrected chi connectivity index (χ1v) is 13.7. The Morgan fingerprint density at radius 2 is 1.64 bits per heavy atom. The summed E-state index contributed by atoms with van der Waals surface area (Å²) in [5.41, 5.74) is 3.26. The number of hydrogen-bond donors (Lipinski definition) is 0. The van der Waals surface area contributed by atoms with Gasteiger partial charge in [-0.05, 0) is 61.5 Å². The second-order valence-electron chi connectivity index (χ2n) is 9.83. The number of carbonyl (C=O) groups is 1. The molecule has 5 rings (SSSR count). The number of likely N-dealkylation sites (tertiary alicyclic amines) is 1. The van der Waals surface area contributed by atoms with Crippen molar-refractivity contribution in [3.05, 3.63) is 77.6 Å². The molecule has 2 saturated heterocycles. The molecule has 1 aromatic heterocycles. The lowest BCUT2D eigenvalue weighted by Crippen LogP contribution is -2.49. The fourth-order valence-corrected chi connectivity index (χ4v) is 5.54. The summed E-state index contributed by atoms with van der Waals surface area (Å²) in [6.45, 7) is 8.02. The van der Waals surface area contributed by atoms with Crippen LogP contribution in [-0.4, -0.2) is 81.8 Å². The van der Waals surface area contributed by atoms with Gasteiger partial charge >= 0.3 is 0 Å². The predicted octanol–water partition coefficient (Wildman–Crippen LogP) is 3.83. The van der Waals surface area contributed by atoms with Crippen molar-refractivity contribution in [3.8, 4) is 5.75 Å². The van der Waals surface area contributed by atoms with Crippen LogP contribution in [0.4, 0.5) is 0 Å². The fraction of sp³-hybridized carbons (Fsp3) is 0.464. The van der Waals surface area contributed by atoms with Crippen LogP contribution in [0.5, 0.6) is 5.75 Å². The predicted molar refractivity (Wildman–Crippen MR) is 142 cm³/mol. The number of piperidine rings is 1. The SMILES string of the molecule is O=C(c1cnsn1)N1CCN(CCOc2ccc(CN3CCC(Cc4ccccc4)CC3)cc2)CC1. The molecule has 0 aliphatic carbocycles. The smallest absolute Gasteiger partial charge is 0.275 e. The normalized spacial score (nSPS) is 17.8. The molecule has 3 aromatic rings. The first-order valence-electron chi connectivity index (χ1n) is 13.0. The average molecular weight is 506 g/mol. The van der Waals surface area contributed by atoms with Crippen LogP contribution in [0.15, 0.2) is 60.8 Å². The van der Waals surface area contributed by atoms with E-state index in [1.165, 1.54) is 43.5 Å². The molecule has 0 atom stereocenters. The van der Waals surface area contributed by atoms with Crippen molar-refractivity contribution in [3.63, 3.8) is 0 Å².